The Bertz CT molecular complexity index is 473. The fraction of sp³-hybridized carbons (Fsp3) is 0.533. The van der Waals surface area contributed by atoms with Crippen LogP contribution in [0.3, 0.4) is 0 Å². The van der Waals surface area contributed by atoms with Crippen molar-refractivity contribution in [3.8, 4) is 5.75 Å². The minimum Gasteiger partial charge on any atom is -0.481 e. The molecule has 0 bridgehead atoms. The van der Waals surface area contributed by atoms with Crippen LogP contribution in [0.15, 0.2) is 24.3 Å². The van der Waals surface area contributed by atoms with Crippen molar-refractivity contribution in [2.45, 2.75) is 38.3 Å². The lowest BCUT2D eigenvalue weighted by Gasteiger charge is -2.22. The maximum Gasteiger partial charge on any atom is 0.261 e. The predicted molar refractivity (Wildman–Crippen MR) is 82.1 cm³/mol. The summed E-state index contributed by atoms with van der Waals surface area (Å²) in [5.74, 6) is 0.142. The zero-order valence-corrected chi connectivity index (χ0v) is 12.9. The average Bonchev–Trinajstić information content (AvgIpc) is 2.85. The summed E-state index contributed by atoms with van der Waals surface area (Å²) in [6.07, 6.45) is 2.45. The lowest BCUT2D eigenvalue weighted by atomic mass is 10.0. The van der Waals surface area contributed by atoms with E-state index in [9.17, 15) is 9.18 Å². The van der Waals surface area contributed by atoms with E-state index in [2.05, 4.69) is 5.32 Å². The SMILES string of the molecule is CC(Oc1cccc(F)c1)C(=O)NC1CCCC1CN.Cl. The first kappa shape index (κ1) is 17.7. The molecule has 4 nitrogen and oxygen atoms in total. The van der Waals surface area contributed by atoms with E-state index in [-0.39, 0.29) is 30.2 Å². The van der Waals surface area contributed by atoms with Crippen molar-refractivity contribution in [2.75, 3.05) is 6.54 Å². The zero-order valence-electron chi connectivity index (χ0n) is 12.0. The molecule has 118 valence electrons. The van der Waals surface area contributed by atoms with Gasteiger partial charge in [-0.1, -0.05) is 12.5 Å². The zero-order chi connectivity index (χ0) is 14.5. The van der Waals surface area contributed by atoms with E-state index in [0.29, 0.717) is 18.2 Å². The molecule has 1 amide bonds. The standard InChI is InChI=1S/C15H21FN2O2.ClH/c1-10(20-13-6-3-5-12(16)8-13)15(19)18-14-7-2-4-11(14)9-17;/h3,5-6,8,10-11,14H,2,4,7,9,17H2,1H3,(H,18,19);1H. The summed E-state index contributed by atoms with van der Waals surface area (Å²) in [5.41, 5.74) is 5.69. The lowest BCUT2D eigenvalue weighted by Crippen LogP contribution is -2.45. The normalized spacial score (nSPS) is 22.2. The maximum absolute atomic E-state index is 13.0. The number of nitrogens with two attached hydrogens (primary N) is 1. The van der Waals surface area contributed by atoms with Gasteiger partial charge in [-0.05, 0) is 44.4 Å². The van der Waals surface area contributed by atoms with Gasteiger partial charge in [0.2, 0.25) is 0 Å². The quantitative estimate of drug-likeness (QED) is 0.876. The second-order valence-electron chi connectivity index (χ2n) is 5.26. The maximum atomic E-state index is 13.0. The third-order valence-corrected chi connectivity index (χ3v) is 3.77. The van der Waals surface area contributed by atoms with Gasteiger partial charge in [-0.2, -0.15) is 0 Å². The minimum atomic E-state index is -0.657. The van der Waals surface area contributed by atoms with Crippen LogP contribution in [0.1, 0.15) is 26.2 Å². The molecule has 1 aliphatic carbocycles. The van der Waals surface area contributed by atoms with E-state index >= 15 is 0 Å². The molecule has 3 N–H and O–H groups in total. The first-order valence-corrected chi connectivity index (χ1v) is 7.03. The van der Waals surface area contributed by atoms with Gasteiger partial charge in [0, 0.05) is 12.1 Å². The second-order valence-corrected chi connectivity index (χ2v) is 5.26. The van der Waals surface area contributed by atoms with Crippen molar-refractivity contribution >= 4 is 18.3 Å². The summed E-state index contributed by atoms with van der Waals surface area (Å²) in [6, 6.07) is 5.91. The molecule has 6 heteroatoms. The number of nitrogens with one attached hydrogen (secondary N) is 1. The van der Waals surface area contributed by atoms with Crippen LogP contribution in [-0.4, -0.2) is 24.6 Å². The molecule has 1 aromatic rings. The van der Waals surface area contributed by atoms with Gasteiger partial charge in [-0.15, -0.1) is 12.4 Å². The van der Waals surface area contributed by atoms with E-state index in [1.807, 2.05) is 0 Å². The topological polar surface area (TPSA) is 64.3 Å². The van der Waals surface area contributed by atoms with Crippen LogP contribution in [0.25, 0.3) is 0 Å². The van der Waals surface area contributed by atoms with Crippen LogP contribution in [-0.2, 0) is 4.79 Å². The Kier molecular flexibility index (Phi) is 6.92. The summed E-state index contributed by atoms with van der Waals surface area (Å²) < 4.78 is 18.5. The van der Waals surface area contributed by atoms with Gasteiger partial charge in [0.15, 0.2) is 6.10 Å². The number of hydrogen-bond donors (Lipinski definition) is 2. The Labute approximate surface area is 130 Å². The molecule has 0 aromatic heterocycles. The first-order valence-electron chi connectivity index (χ1n) is 7.03. The second kappa shape index (κ2) is 8.20. The van der Waals surface area contributed by atoms with Gasteiger partial charge < -0.3 is 15.8 Å². The third kappa shape index (κ3) is 4.86. The van der Waals surface area contributed by atoms with Gasteiger partial charge in [0.25, 0.3) is 5.91 Å². The summed E-state index contributed by atoms with van der Waals surface area (Å²) in [7, 11) is 0. The van der Waals surface area contributed by atoms with Crippen LogP contribution in [0.5, 0.6) is 5.75 Å². The van der Waals surface area contributed by atoms with Crippen LogP contribution < -0.4 is 15.8 Å². The highest BCUT2D eigenvalue weighted by Crippen LogP contribution is 2.24. The summed E-state index contributed by atoms with van der Waals surface area (Å²) in [6.45, 7) is 2.25. The van der Waals surface area contributed by atoms with E-state index in [4.69, 9.17) is 10.5 Å². The molecule has 1 fully saturated rings. The van der Waals surface area contributed by atoms with Gasteiger partial charge in [-0.25, -0.2) is 4.39 Å². The molecular formula is C15H22ClFN2O2. The van der Waals surface area contributed by atoms with E-state index in [0.717, 1.165) is 19.3 Å². The lowest BCUT2D eigenvalue weighted by molar-refractivity contribution is -0.128. The average molecular weight is 317 g/mol. The number of carbonyl (C=O) groups excluding carboxylic acids is 1. The first-order chi connectivity index (χ1) is 9.60. The predicted octanol–water partition coefficient (Wildman–Crippen LogP) is 2.26. The van der Waals surface area contributed by atoms with E-state index < -0.39 is 6.10 Å². The number of ether oxygens (including phenoxy) is 1. The molecule has 1 aromatic carbocycles. The van der Waals surface area contributed by atoms with Gasteiger partial charge >= 0.3 is 0 Å². The van der Waals surface area contributed by atoms with Crippen molar-refractivity contribution in [3.05, 3.63) is 30.1 Å². The highest BCUT2D eigenvalue weighted by molar-refractivity contribution is 5.85. The van der Waals surface area contributed by atoms with Gasteiger partial charge in [0.05, 0.1) is 0 Å². The molecule has 0 aliphatic heterocycles. The fourth-order valence-corrected chi connectivity index (χ4v) is 2.61. The third-order valence-electron chi connectivity index (χ3n) is 3.77. The van der Waals surface area contributed by atoms with Crippen molar-refractivity contribution in [1.29, 1.82) is 0 Å². The number of benzene rings is 1. The molecule has 2 rings (SSSR count). The largest absolute Gasteiger partial charge is 0.481 e. The molecular weight excluding hydrogens is 295 g/mol. The molecule has 1 aliphatic rings. The van der Waals surface area contributed by atoms with Crippen LogP contribution in [0, 0.1) is 11.7 Å². The van der Waals surface area contributed by atoms with Gasteiger partial charge in [0.1, 0.15) is 11.6 Å². The molecule has 0 radical (unpaired) electrons. The smallest absolute Gasteiger partial charge is 0.261 e. The molecule has 3 atom stereocenters. The number of carbonyl (C=O) groups is 1. The van der Waals surface area contributed by atoms with Crippen molar-refractivity contribution in [2.24, 2.45) is 11.7 Å². The van der Waals surface area contributed by atoms with E-state index in [1.54, 1.807) is 19.1 Å². The number of hydrogen-bond acceptors (Lipinski definition) is 3. The number of halogens is 2. The van der Waals surface area contributed by atoms with Crippen LogP contribution >= 0.6 is 12.4 Å². The Morgan fingerprint density at radius 1 is 1.52 bits per heavy atom. The van der Waals surface area contributed by atoms with Crippen molar-refractivity contribution in [1.82, 2.24) is 5.32 Å². The summed E-state index contributed by atoms with van der Waals surface area (Å²) in [5, 5.41) is 2.98. The highest BCUT2D eigenvalue weighted by atomic mass is 35.5. The summed E-state index contributed by atoms with van der Waals surface area (Å²) >= 11 is 0. The van der Waals surface area contributed by atoms with Crippen molar-refractivity contribution < 1.29 is 13.9 Å². The highest BCUT2D eigenvalue weighted by Gasteiger charge is 2.29. The van der Waals surface area contributed by atoms with Gasteiger partial charge in [-0.3, -0.25) is 4.79 Å². The molecule has 0 spiro atoms. The Balaban J connectivity index is 0.00000220. The Morgan fingerprint density at radius 3 is 2.95 bits per heavy atom. The van der Waals surface area contributed by atoms with Crippen LogP contribution in [0.4, 0.5) is 4.39 Å². The minimum absolute atomic E-state index is 0. The van der Waals surface area contributed by atoms with Crippen molar-refractivity contribution in [3.63, 3.8) is 0 Å². The number of amides is 1. The molecule has 1 saturated carbocycles. The number of rotatable bonds is 5. The molecule has 3 unspecified atom stereocenters. The fourth-order valence-electron chi connectivity index (χ4n) is 2.61. The Morgan fingerprint density at radius 2 is 2.29 bits per heavy atom. The monoisotopic (exact) mass is 316 g/mol. The van der Waals surface area contributed by atoms with Crippen LogP contribution in [0.2, 0.25) is 0 Å². The molecule has 21 heavy (non-hydrogen) atoms. The molecule has 0 saturated heterocycles. The van der Waals surface area contributed by atoms with E-state index in [1.165, 1.54) is 12.1 Å². The molecule has 0 heterocycles. The Hall–Kier alpha value is -1.33. The summed E-state index contributed by atoms with van der Waals surface area (Å²) in [4.78, 5) is 12.1.